The van der Waals surface area contributed by atoms with Crippen molar-refractivity contribution in [3.05, 3.63) is 108 Å². The predicted octanol–water partition coefficient (Wildman–Crippen LogP) is 5.54. The number of amides is 1. The number of imidazole rings is 1. The van der Waals surface area contributed by atoms with E-state index in [2.05, 4.69) is 25.3 Å². The molecule has 2 aliphatic rings. The van der Waals surface area contributed by atoms with Crippen molar-refractivity contribution in [1.29, 1.82) is 5.26 Å². The van der Waals surface area contributed by atoms with Crippen LogP contribution >= 0.6 is 38.8 Å². The summed E-state index contributed by atoms with van der Waals surface area (Å²) in [7, 11) is -9.55. The Labute approximate surface area is 384 Å². The van der Waals surface area contributed by atoms with Crippen molar-refractivity contribution in [1.82, 2.24) is 29.1 Å². The number of halogens is 2. The zero-order valence-corrected chi connectivity index (χ0v) is 38.4. The lowest BCUT2D eigenvalue weighted by molar-refractivity contribution is -0.118. The van der Waals surface area contributed by atoms with E-state index in [0.29, 0.717) is 10.0 Å². The minimum atomic E-state index is -4.88. The van der Waals surface area contributed by atoms with Gasteiger partial charge >= 0.3 is 21.3 Å². The van der Waals surface area contributed by atoms with Gasteiger partial charge in [-0.1, -0.05) is 37.0 Å². The fourth-order valence-corrected chi connectivity index (χ4v) is 9.72. The monoisotopic (exact) mass is 994 g/mol. The van der Waals surface area contributed by atoms with Crippen LogP contribution in [0.2, 0.25) is 10.0 Å². The summed E-state index contributed by atoms with van der Waals surface area (Å²) in [6.45, 7) is 3.02. The zero-order chi connectivity index (χ0) is 47.3. The fourth-order valence-electron chi connectivity index (χ4n) is 6.64. The molecule has 2 aromatic carbocycles. The fraction of sp³-hybridized carbons (Fsp3) is 0.410. The molecule has 3 aromatic heterocycles. The van der Waals surface area contributed by atoms with Gasteiger partial charge in [0.15, 0.2) is 11.2 Å². The topological polar surface area (TPSA) is 300 Å². The lowest BCUT2D eigenvalue weighted by atomic mass is 10.2. The first-order valence-electron chi connectivity index (χ1n) is 20.1. The Morgan fingerprint density at radius 2 is 1.48 bits per heavy atom. The third kappa shape index (κ3) is 11.7. The summed E-state index contributed by atoms with van der Waals surface area (Å²) < 4.78 is 79.1. The van der Waals surface area contributed by atoms with E-state index in [1.54, 1.807) is 13.8 Å². The molecule has 2 fully saturated rings. The Morgan fingerprint density at radius 1 is 0.909 bits per heavy atom. The molecule has 23 nitrogen and oxygen atoms in total. The van der Waals surface area contributed by atoms with E-state index in [-0.39, 0.29) is 60.0 Å². The number of aromatic amines is 2. The SMILES string of the molecule is Cc1cn(C2CC(OP(=O)(OCCC#N)Oc3ccc(Cl)cc3)C(COP(=O)(Oc3ccc(Cl)cc3)OC3CC(n4cnc5c(=O)[nH]c(NC(=O)C(C)C)nc54)OC3CO)O2)c(=O)[nH]c1=O. The number of hydrogen-bond donors (Lipinski definition) is 4. The van der Waals surface area contributed by atoms with Crippen LogP contribution in [-0.2, 0) is 41.5 Å². The molecule has 0 bridgehead atoms. The molecule has 352 valence electrons. The van der Waals surface area contributed by atoms with E-state index in [0.717, 1.165) is 4.57 Å². The van der Waals surface area contributed by atoms with Gasteiger partial charge in [-0.3, -0.25) is 56.9 Å². The molecule has 4 N–H and O–H groups in total. The number of nitrogens with zero attached hydrogens (tertiary/aromatic N) is 5. The van der Waals surface area contributed by atoms with Crippen LogP contribution in [0.5, 0.6) is 11.5 Å². The Hall–Kier alpha value is -5.21. The highest BCUT2D eigenvalue weighted by molar-refractivity contribution is 7.49. The maximum absolute atomic E-state index is 14.9. The standard InChI is InChI=1S/C39H42Cl2N8O15P2/c1-21(2)35(51)45-38-44-34-33(37(53)46-38)43-20-49(34)32-15-27(29(18-50)59-32)63-66(56,62-26-11-7-24(41)8-12-26)58-19-30-28(16-31(60-30)48-17-22(3)36(52)47-39(48)54)64-65(55,57-14-4-13-42)61-25-9-5-23(40)6-10-25/h5-12,17,20-21,27-32,50H,4,14-16,18-19H2,1-3H3,(H,47,52,54)(H2,44,45,46,51,53). The number of hydrogen-bond acceptors (Lipinski definition) is 18. The van der Waals surface area contributed by atoms with E-state index in [1.807, 2.05) is 6.07 Å². The lowest BCUT2D eigenvalue weighted by Crippen LogP contribution is -2.33. The molecule has 5 aromatic rings. The van der Waals surface area contributed by atoms with E-state index >= 15 is 0 Å². The summed E-state index contributed by atoms with van der Waals surface area (Å²) in [6.07, 6.45) is -5.46. The summed E-state index contributed by atoms with van der Waals surface area (Å²) in [6, 6.07) is 13.3. The molecule has 2 aliphatic heterocycles. The molecule has 0 radical (unpaired) electrons. The second kappa shape index (κ2) is 20.8. The third-order valence-corrected chi connectivity index (χ3v) is 13.4. The highest BCUT2D eigenvalue weighted by Gasteiger charge is 2.48. The number of phosphoric ester groups is 2. The Bertz CT molecular complexity index is 2870. The molecule has 2 saturated heterocycles. The van der Waals surface area contributed by atoms with Crippen LogP contribution in [-0.4, -0.2) is 84.3 Å². The second-order valence-corrected chi connectivity index (χ2v) is 19.0. The van der Waals surface area contributed by atoms with Gasteiger partial charge in [0.25, 0.3) is 11.1 Å². The number of anilines is 1. The van der Waals surface area contributed by atoms with E-state index in [4.69, 9.17) is 59.8 Å². The first kappa shape index (κ1) is 48.7. The maximum Gasteiger partial charge on any atom is 0.530 e. The van der Waals surface area contributed by atoms with Gasteiger partial charge in [-0.15, -0.1) is 0 Å². The summed E-state index contributed by atoms with van der Waals surface area (Å²) in [5.74, 6) is -0.997. The number of nitriles is 1. The van der Waals surface area contributed by atoms with Crippen LogP contribution in [0.4, 0.5) is 5.95 Å². The average molecular weight is 996 g/mol. The van der Waals surface area contributed by atoms with Gasteiger partial charge in [0, 0.05) is 40.6 Å². The molecule has 0 aliphatic carbocycles. The number of H-pyrrole nitrogens is 2. The van der Waals surface area contributed by atoms with Gasteiger partial charge in [-0.25, -0.2) is 18.9 Å². The highest BCUT2D eigenvalue weighted by atomic mass is 35.5. The smallest absolute Gasteiger partial charge is 0.404 e. The van der Waals surface area contributed by atoms with Crippen LogP contribution in [0, 0.1) is 24.2 Å². The van der Waals surface area contributed by atoms with Crippen molar-refractivity contribution in [3.8, 4) is 17.6 Å². The van der Waals surface area contributed by atoms with Crippen LogP contribution in [0.3, 0.4) is 0 Å². The summed E-state index contributed by atoms with van der Waals surface area (Å²) in [5.41, 5.74) is -2.07. The quantitative estimate of drug-likeness (QED) is 0.0583. The minimum Gasteiger partial charge on any atom is -0.404 e. The lowest BCUT2D eigenvalue weighted by Gasteiger charge is -2.27. The van der Waals surface area contributed by atoms with Crippen molar-refractivity contribution in [2.45, 2.75) is 76.9 Å². The van der Waals surface area contributed by atoms with Gasteiger partial charge in [-0.05, 0) is 55.5 Å². The third-order valence-electron chi connectivity index (χ3n) is 9.96. The number of aliphatic hydroxyl groups is 1. The van der Waals surface area contributed by atoms with Crippen LogP contribution in [0.1, 0.15) is 51.1 Å². The molecule has 1 amide bonds. The zero-order valence-electron chi connectivity index (χ0n) is 35.1. The number of benzene rings is 2. The molecular weight excluding hydrogens is 953 g/mol. The number of rotatable bonds is 19. The van der Waals surface area contributed by atoms with Gasteiger partial charge in [0.1, 0.15) is 48.4 Å². The number of fused-ring (bicyclic) bond motifs is 1. The number of nitrogens with one attached hydrogen (secondary N) is 3. The van der Waals surface area contributed by atoms with Crippen LogP contribution in [0.15, 0.2) is 75.4 Å². The first-order valence-corrected chi connectivity index (χ1v) is 23.8. The van der Waals surface area contributed by atoms with Crippen LogP contribution < -0.4 is 31.2 Å². The number of phosphoric acid groups is 2. The second-order valence-electron chi connectivity index (χ2n) is 15.1. The largest absolute Gasteiger partial charge is 0.530 e. The summed E-state index contributed by atoms with van der Waals surface area (Å²) in [4.78, 5) is 63.8. The normalized spacial score (nSPS) is 22.5. The first-order chi connectivity index (χ1) is 31.4. The highest BCUT2D eigenvalue weighted by Crippen LogP contribution is 2.56. The minimum absolute atomic E-state index is 0.0155. The van der Waals surface area contributed by atoms with Gasteiger partial charge in [0.05, 0.1) is 38.6 Å². The Morgan fingerprint density at radius 3 is 2.08 bits per heavy atom. The Balaban J connectivity index is 1.18. The van der Waals surface area contributed by atoms with Crippen molar-refractivity contribution in [2.75, 3.05) is 25.1 Å². The molecular formula is C39H42Cl2N8O15P2. The van der Waals surface area contributed by atoms with Crippen molar-refractivity contribution < 1.29 is 55.6 Å². The molecule has 66 heavy (non-hydrogen) atoms. The molecule has 27 heteroatoms. The Kier molecular flexibility index (Phi) is 15.3. The molecule has 8 unspecified atom stereocenters. The van der Waals surface area contributed by atoms with E-state index < -0.39 is 94.4 Å². The number of ether oxygens (including phenoxy) is 2. The molecule has 5 heterocycles. The number of aliphatic hydroxyl groups excluding tert-OH is 1. The van der Waals surface area contributed by atoms with E-state index in [1.165, 1.54) is 72.5 Å². The van der Waals surface area contributed by atoms with Crippen molar-refractivity contribution in [3.63, 3.8) is 0 Å². The van der Waals surface area contributed by atoms with Crippen molar-refractivity contribution in [2.24, 2.45) is 5.92 Å². The number of aromatic nitrogens is 6. The number of carbonyl (C=O) groups is 1. The summed E-state index contributed by atoms with van der Waals surface area (Å²) >= 11 is 12.1. The number of carbonyl (C=O) groups excluding carboxylic acids is 1. The predicted molar refractivity (Wildman–Crippen MR) is 233 cm³/mol. The molecule has 8 atom stereocenters. The van der Waals surface area contributed by atoms with Crippen LogP contribution in [0.25, 0.3) is 11.2 Å². The molecule has 7 rings (SSSR count). The van der Waals surface area contributed by atoms with Gasteiger partial charge < -0.3 is 23.6 Å². The maximum atomic E-state index is 14.9. The summed E-state index contributed by atoms with van der Waals surface area (Å²) in [5, 5.41) is 22.8. The van der Waals surface area contributed by atoms with Crippen molar-refractivity contribution >= 4 is 61.9 Å². The average Bonchev–Trinajstić information content (AvgIpc) is 4.00. The van der Waals surface area contributed by atoms with E-state index in [9.17, 15) is 38.7 Å². The molecule has 0 spiro atoms. The van der Waals surface area contributed by atoms with Gasteiger partial charge in [-0.2, -0.15) is 10.2 Å². The molecule has 0 saturated carbocycles. The van der Waals surface area contributed by atoms with Gasteiger partial charge in [0.2, 0.25) is 11.9 Å². The number of aryl methyl sites for hydroxylation is 1.